The van der Waals surface area contributed by atoms with Crippen molar-refractivity contribution in [1.29, 1.82) is 0 Å². The van der Waals surface area contributed by atoms with Gasteiger partial charge in [0.1, 0.15) is 0 Å². The number of carbonyl (C=O) groups is 3. The van der Waals surface area contributed by atoms with Gasteiger partial charge < -0.3 is 5.32 Å². The topological polar surface area (TPSA) is 78.5 Å². The predicted octanol–water partition coefficient (Wildman–Crippen LogP) is 4.60. The lowest BCUT2D eigenvalue weighted by atomic mass is 9.80. The molecular formula is C30H29N3O3. The smallest absolute Gasteiger partial charge is 0.251 e. The maximum atomic E-state index is 13.1. The Hall–Kier alpha value is -4.19. The van der Waals surface area contributed by atoms with Crippen LogP contribution in [0.15, 0.2) is 97.1 Å². The van der Waals surface area contributed by atoms with Gasteiger partial charge in [0.05, 0.1) is 17.5 Å². The van der Waals surface area contributed by atoms with Crippen LogP contribution in [0.4, 0.5) is 5.69 Å². The van der Waals surface area contributed by atoms with Crippen LogP contribution < -0.4 is 15.8 Å². The molecule has 0 aromatic heterocycles. The quantitative estimate of drug-likeness (QED) is 0.486. The van der Waals surface area contributed by atoms with Crippen molar-refractivity contribution in [3.8, 4) is 0 Å². The van der Waals surface area contributed by atoms with E-state index < -0.39 is 0 Å². The molecule has 2 aliphatic rings. The van der Waals surface area contributed by atoms with Crippen molar-refractivity contribution in [2.45, 2.75) is 25.2 Å². The number of allylic oxidation sites excluding steroid dienone is 2. The number of carbonyl (C=O) groups excluding carboxylic acids is 3. The van der Waals surface area contributed by atoms with Crippen LogP contribution >= 0.6 is 0 Å². The van der Waals surface area contributed by atoms with E-state index in [1.807, 2.05) is 48.6 Å². The van der Waals surface area contributed by atoms with Crippen molar-refractivity contribution in [2.75, 3.05) is 11.6 Å². The van der Waals surface area contributed by atoms with Gasteiger partial charge in [-0.3, -0.25) is 19.8 Å². The van der Waals surface area contributed by atoms with Crippen molar-refractivity contribution >= 4 is 23.4 Å². The standard InChI is InChI=1S/C30H29N3O3/c34-28(31-19-18-25(21-10-3-1-4-11-21)22-12-5-2-6-13-22)23-14-9-15-24(20-23)33-30(36)27-17-8-7-16-26(27)29(35)32-33/h1-15,20,25-27H,16-19H2,(H,31,34)(H,32,35). The summed E-state index contributed by atoms with van der Waals surface area (Å²) >= 11 is 0. The summed E-state index contributed by atoms with van der Waals surface area (Å²) in [6.45, 7) is 0.493. The van der Waals surface area contributed by atoms with Crippen LogP contribution in [0.2, 0.25) is 0 Å². The number of nitrogens with one attached hydrogen (secondary N) is 2. The third-order valence-corrected chi connectivity index (χ3v) is 7.02. The molecule has 2 unspecified atom stereocenters. The number of rotatable bonds is 7. The molecule has 6 nitrogen and oxygen atoms in total. The van der Waals surface area contributed by atoms with Crippen LogP contribution in [0.25, 0.3) is 0 Å². The molecule has 36 heavy (non-hydrogen) atoms. The summed E-state index contributed by atoms with van der Waals surface area (Å²) in [5.74, 6) is -1.05. The number of amides is 3. The van der Waals surface area contributed by atoms with Gasteiger partial charge in [0.25, 0.3) is 5.91 Å². The summed E-state index contributed by atoms with van der Waals surface area (Å²) < 4.78 is 0. The van der Waals surface area contributed by atoms with Crippen LogP contribution in [-0.2, 0) is 9.59 Å². The van der Waals surface area contributed by atoms with E-state index in [0.29, 0.717) is 30.6 Å². The lowest BCUT2D eigenvalue weighted by Crippen LogP contribution is -2.59. The fraction of sp³-hybridized carbons (Fsp3) is 0.233. The van der Waals surface area contributed by atoms with Gasteiger partial charge in [0, 0.05) is 18.0 Å². The Morgan fingerprint density at radius 1 is 0.861 bits per heavy atom. The highest BCUT2D eigenvalue weighted by Gasteiger charge is 2.42. The molecule has 2 N–H and O–H groups in total. The first-order valence-electron chi connectivity index (χ1n) is 12.4. The minimum Gasteiger partial charge on any atom is -0.352 e. The number of benzene rings is 3. The van der Waals surface area contributed by atoms with Gasteiger partial charge in [0.2, 0.25) is 11.8 Å². The molecule has 5 rings (SSSR count). The Labute approximate surface area is 211 Å². The molecule has 1 fully saturated rings. The van der Waals surface area contributed by atoms with Crippen LogP contribution in [0.5, 0.6) is 0 Å². The fourth-order valence-electron chi connectivity index (χ4n) is 5.10. The molecule has 1 heterocycles. The maximum absolute atomic E-state index is 13.1. The first kappa shape index (κ1) is 23.5. The van der Waals surface area contributed by atoms with Crippen LogP contribution in [0.3, 0.4) is 0 Å². The molecule has 3 aromatic rings. The Kier molecular flexibility index (Phi) is 6.94. The fourth-order valence-corrected chi connectivity index (χ4v) is 5.10. The molecule has 6 heteroatoms. The zero-order valence-corrected chi connectivity index (χ0v) is 20.0. The van der Waals surface area contributed by atoms with Gasteiger partial charge in [-0.1, -0.05) is 78.9 Å². The average molecular weight is 480 g/mol. The van der Waals surface area contributed by atoms with Crippen molar-refractivity contribution in [3.63, 3.8) is 0 Å². The third kappa shape index (κ3) is 4.93. The summed E-state index contributed by atoms with van der Waals surface area (Å²) in [5, 5.41) is 4.32. The summed E-state index contributed by atoms with van der Waals surface area (Å²) in [6, 6.07) is 27.4. The van der Waals surface area contributed by atoms with Gasteiger partial charge in [-0.25, -0.2) is 5.01 Å². The normalized spacial score (nSPS) is 19.1. The summed E-state index contributed by atoms with van der Waals surface area (Å²) in [4.78, 5) is 38.7. The SMILES string of the molecule is O=C(NCCC(c1ccccc1)c1ccccc1)c1cccc(N2NC(=O)C3CC=CCC3C2=O)c1. The number of nitrogens with zero attached hydrogens (tertiary/aromatic N) is 1. The summed E-state index contributed by atoms with van der Waals surface area (Å²) in [7, 11) is 0. The van der Waals surface area contributed by atoms with E-state index in [4.69, 9.17) is 0 Å². The van der Waals surface area contributed by atoms with E-state index in [1.165, 1.54) is 16.1 Å². The van der Waals surface area contributed by atoms with E-state index in [-0.39, 0.29) is 35.5 Å². The number of fused-ring (bicyclic) bond motifs is 1. The molecule has 0 radical (unpaired) electrons. The number of hydrazine groups is 1. The molecule has 182 valence electrons. The van der Waals surface area contributed by atoms with Crippen molar-refractivity contribution in [3.05, 3.63) is 114 Å². The Morgan fingerprint density at radius 3 is 2.17 bits per heavy atom. The first-order chi connectivity index (χ1) is 17.6. The van der Waals surface area contributed by atoms with Gasteiger partial charge >= 0.3 is 0 Å². The van der Waals surface area contributed by atoms with Gasteiger partial charge in [0.15, 0.2) is 0 Å². The number of hydrogen-bond donors (Lipinski definition) is 2. The van der Waals surface area contributed by atoms with Crippen LogP contribution in [0, 0.1) is 11.8 Å². The van der Waals surface area contributed by atoms with Crippen molar-refractivity contribution in [2.24, 2.45) is 11.8 Å². The second-order valence-corrected chi connectivity index (χ2v) is 9.27. The molecule has 0 bridgehead atoms. The van der Waals surface area contributed by atoms with E-state index >= 15 is 0 Å². The highest BCUT2D eigenvalue weighted by Crippen LogP contribution is 2.32. The van der Waals surface area contributed by atoms with E-state index in [2.05, 4.69) is 35.0 Å². The maximum Gasteiger partial charge on any atom is 0.251 e. The number of anilines is 1. The van der Waals surface area contributed by atoms with Crippen molar-refractivity contribution in [1.82, 2.24) is 10.7 Å². The molecule has 2 atom stereocenters. The molecule has 3 aromatic carbocycles. The van der Waals surface area contributed by atoms with Crippen LogP contribution in [-0.4, -0.2) is 24.3 Å². The van der Waals surface area contributed by atoms with Gasteiger partial charge in [-0.05, 0) is 48.6 Å². The minimum atomic E-state index is -0.367. The molecule has 0 spiro atoms. The Morgan fingerprint density at radius 2 is 1.50 bits per heavy atom. The van der Waals surface area contributed by atoms with Crippen molar-refractivity contribution < 1.29 is 14.4 Å². The Bertz CT molecular complexity index is 1230. The van der Waals surface area contributed by atoms with E-state index in [1.54, 1.807) is 24.3 Å². The highest BCUT2D eigenvalue weighted by atomic mass is 16.2. The lowest BCUT2D eigenvalue weighted by molar-refractivity contribution is -0.139. The molecule has 1 aliphatic heterocycles. The lowest BCUT2D eigenvalue weighted by Gasteiger charge is -2.38. The third-order valence-electron chi connectivity index (χ3n) is 7.02. The zero-order valence-electron chi connectivity index (χ0n) is 20.0. The summed E-state index contributed by atoms with van der Waals surface area (Å²) in [6.07, 6.45) is 5.78. The summed E-state index contributed by atoms with van der Waals surface area (Å²) in [5.41, 5.74) is 6.06. The zero-order chi connectivity index (χ0) is 24.9. The number of hydrogen-bond acceptors (Lipinski definition) is 3. The second kappa shape index (κ2) is 10.6. The van der Waals surface area contributed by atoms with Gasteiger partial charge in [-0.2, -0.15) is 0 Å². The second-order valence-electron chi connectivity index (χ2n) is 9.27. The molecule has 3 amide bonds. The monoisotopic (exact) mass is 479 g/mol. The van der Waals surface area contributed by atoms with Crippen LogP contribution in [0.1, 0.15) is 46.7 Å². The molecule has 1 aliphatic carbocycles. The van der Waals surface area contributed by atoms with E-state index in [9.17, 15) is 14.4 Å². The minimum absolute atomic E-state index is 0.143. The van der Waals surface area contributed by atoms with E-state index in [0.717, 1.165) is 6.42 Å². The Balaban J connectivity index is 1.26. The molecule has 0 saturated carbocycles. The predicted molar refractivity (Wildman–Crippen MR) is 139 cm³/mol. The molecular weight excluding hydrogens is 450 g/mol. The first-order valence-corrected chi connectivity index (χ1v) is 12.4. The van der Waals surface area contributed by atoms with Gasteiger partial charge in [-0.15, -0.1) is 0 Å². The largest absolute Gasteiger partial charge is 0.352 e. The highest BCUT2D eigenvalue weighted by molar-refractivity contribution is 6.05. The molecule has 1 saturated heterocycles. The average Bonchev–Trinajstić information content (AvgIpc) is 2.94.